The molecule has 136 valence electrons. The average molecular weight is 365 g/mol. The molecule has 0 saturated heterocycles. The van der Waals surface area contributed by atoms with Crippen LogP contribution in [0.1, 0.15) is 41.9 Å². The second-order valence-corrected chi connectivity index (χ2v) is 6.80. The summed E-state index contributed by atoms with van der Waals surface area (Å²) in [5.74, 6) is -0.598. The summed E-state index contributed by atoms with van der Waals surface area (Å²) in [6.07, 6.45) is 3.28. The van der Waals surface area contributed by atoms with Crippen LogP contribution in [-0.2, 0) is 16.1 Å². The third-order valence-corrected chi connectivity index (χ3v) is 5.14. The lowest BCUT2D eigenvalue weighted by molar-refractivity contribution is -0.130. The van der Waals surface area contributed by atoms with Gasteiger partial charge >= 0.3 is 5.97 Å². The summed E-state index contributed by atoms with van der Waals surface area (Å²) in [5.41, 5.74) is 0.239. The first-order valence-corrected chi connectivity index (χ1v) is 9.11. The summed E-state index contributed by atoms with van der Waals surface area (Å²) in [7, 11) is 1.73. The fourth-order valence-corrected chi connectivity index (χ4v) is 3.48. The molecule has 0 unspecified atom stereocenters. The van der Waals surface area contributed by atoms with E-state index in [4.69, 9.17) is 4.74 Å². The number of hydrogen-bond donors (Lipinski definition) is 0. The third kappa shape index (κ3) is 4.07. The Morgan fingerprint density at radius 1 is 1.36 bits per heavy atom. The van der Waals surface area contributed by atoms with Crippen molar-refractivity contribution in [2.75, 3.05) is 20.2 Å². The van der Waals surface area contributed by atoms with E-state index in [9.17, 15) is 14.4 Å². The third-order valence-electron chi connectivity index (χ3n) is 3.96. The molecule has 2 heterocycles. The van der Waals surface area contributed by atoms with E-state index in [0.29, 0.717) is 27.2 Å². The lowest BCUT2D eigenvalue weighted by Crippen LogP contribution is -2.34. The average Bonchev–Trinajstić information content (AvgIpc) is 2.92. The Hall–Kier alpha value is -2.22. The Kier molecular flexibility index (Phi) is 6.30. The van der Waals surface area contributed by atoms with Gasteiger partial charge in [0.05, 0.1) is 18.3 Å². The first-order valence-electron chi connectivity index (χ1n) is 8.30. The van der Waals surface area contributed by atoms with Gasteiger partial charge in [-0.15, -0.1) is 11.3 Å². The smallest absolute Gasteiger partial charge is 0.348 e. The van der Waals surface area contributed by atoms with Gasteiger partial charge in [0.15, 0.2) is 0 Å². The van der Waals surface area contributed by atoms with Crippen molar-refractivity contribution in [3.8, 4) is 0 Å². The molecule has 0 bridgehead atoms. The molecular formula is C17H23N3O4S. The van der Waals surface area contributed by atoms with Gasteiger partial charge in [-0.05, 0) is 25.8 Å². The number of aromatic nitrogens is 2. The standard InChI is InChI=1S/C17H23N3O4S/c1-5-7-8-19(4)12(21)9-20-10-18-15-13(16(20)22)11(3)14(25-15)17(23)24-6-2/h10H,5-9H2,1-4H3. The number of likely N-dealkylation sites (N-methyl/N-ethyl adjacent to an activating group) is 1. The first kappa shape index (κ1) is 19.1. The molecule has 1 amide bonds. The predicted molar refractivity (Wildman–Crippen MR) is 97.1 cm³/mol. The van der Waals surface area contributed by atoms with Crippen molar-refractivity contribution in [1.82, 2.24) is 14.5 Å². The molecule has 25 heavy (non-hydrogen) atoms. The Bertz CT molecular complexity index is 840. The van der Waals surface area contributed by atoms with Crippen LogP contribution < -0.4 is 5.56 Å². The number of hydrogen-bond acceptors (Lipinski definition) is 6. The van der Waals surface area contributed by atoms with Gasteiger partial charge in [0.2, 0.25) is 5.91 Å². The highest BCUT2D eigenvalue weighted by Gasteiger charge is 2.21. The van der Waals surface area contributed by atoms with Gasteiger partial charge in [-0.1, -0.05) is 13.3 Å². The van der Waals surface area contributed by atoms with Crippen LogP contribution in [0.2, 0.25) is 0 Å². The molecule has 0 spiro atoms. The summed E-state index contributed by atoms with van der Waals surface area (Å²) < 4.78 is 6.31. The Morgan fingerprint density at radius 3 is 2.72 bits per heavy atom. The summed E-state index contributed by atoms with van der Waals surface area (Å²) in [4.78, 5) is 43.7. The Labute approximate surface area is 150 Å². The zero-order chi connectivity index (χ0) is 18.6. The molecule has 0 saturated carbocycles. The van der Waals surface area contributed by atoms with Crippen LogP contribution in [0.5, 0.6) is 0 Å². The van der Waals surface area contributed by atoms with Crippen LogP contribution in [0, 0.1) is 6.92 Å². The predicted octanol–water partition coefficient (Wildman–Crippen LogP) is 2.20. The number of amides is 1. The van der Waals surface area contributed by atoms with Crippen LogP contribution in [0.4, 0.5) is 0 Å². The van der Waals surface area contributed by atoms with Gasteiger partial charge in [-0.25, -0.2) is 9.78 Å². The number of unbranched alkanes of at least 4 members (excludes halogenated alkanes) is 1. The molecule has 7 nitrogen and oxygen atoms in total. The maximum Gasteiger partial charge on any atom is 0.348 e. The molecule has 0 atom stereocenters. The monoisotopic (exact) mass is 365 g/mol. The minimum Gasteiger partial charge on any atom is -0.462 e. The fourth-order valence-electron chi connectivity index (χ4n) is 2.45. The summed E-state index contributed by atoms with van der Waals surface area (Å²) in [5, 5.41) is 0.375. The van der Waals surface area contributed by atoms with Crippen molar-refractivity contribution in [3.63, 3.8) is 0 Å². The second kappa shape index (κ2) is 8.24. The molecule has 2 aromatic rings. The number of thiophene rings is 1. The van der Waals surface area contributed by atoms with Gasteiger partial charge in [-0.3, -0.25) is 14.2 Å². The van der Waals surface area contributed by atoms with E-state index in [1.807, 2.05) is 0 Å². The van der Waals surface area contributed by atoms with E-state index in [1.54, 1.807) is 25.8 Å². The Morgan fingerprint density at radius 2 is 2.08 bits per heavy atom. The minimum atomic E-state index is -0.454. The van der Waals surface area contributed by atoms with Crippen molar-refractivity contribution in [2.24, 2.45) is 0 Å². The van der Waals surface area contributed by atoms with Crippen LogP contribution in [-0.4, -0.2) is 46.5 Å². The second-order valence-electron chi connectivity index (χ2n) is 5.80. The lowest BCUT2D eigenvalue weighted by atomic mass is 10.2. The molecule has 0 aromatic carbocycles. The van der Waals surface area contributed by atoms with Gasteiger partial charge in [0, 0.05) is 13.6 Å². The molecule has 0 radical (unpaired) electrons. The first-order chi connectivity index (χ1) is 11.9. The van der Waals surface area contributed by atoms with E-state index in [1.165, 1.54) is 10.9 Å². The molecule has 0 aliphatic carbocycles. The fraction of sp³-hybridized carbons (Fsp3) is 0.529. The molecule has 0 fully saturated rings. The maximum absolute atomic E-state index is 12.7. The Balaban J connectivity index is 2.33. The maximum atomic E-state index is 12.7. The van der Waals surface area contributed by atoms with E-state index < -0.39 is 5.97 Å². The largest absolute Gasteiger partial charge is 0.462 e. The summed E-state index contributed by atoms with van der Waals surface area (Å²) in [6.45, 7) is 6.35. The van der Waals surface area contributed by atoms with Gasteiger partial charge in [0.25, 0.3) is 5.56 Å². The van der Waals surface area contributed by atoms with Crippen LogP contribution in [0.15, 0.2) is 11.1 Å². The normalized spacial score (nSPS) is 10.9. The van der Waals surface area contributed by atoms with E-state index >= 15 is 0 Å². The SMILES string of the molecule is CCCCN(C)C(=O)Cn1cnc2sc(C(=O)OCC)c(C)c2c1=O. The number of aryl methyl sites for hydroxylation is 1. The van der Waals surface area contributed by atoms with E-state index in [0.717, 1.165) is 24.2 Å². The number of ether oxygens (including phenoxy) is 1. The van der Waals surface area contributed by atoms with Crippen LogP contribution >= 0.6 is 11.3 Å². The van der Waals surface area contributed by atoms with Crippen molar-refractivity contribution in [2.45, 2.75) is 40.2 Å². The summed E-state index contributed by atoms with van der Waals surface area (Å²) >= 11 is 1.14. The number of esters is 1. The molecule has 0 aliphatic heterocycles. The van der Waals surface area contributed by atoms with Crippen molar-refractivity contribution >= 4 is 33.4 Å². The quantitative estimate of drug-likeness (QED) is 0.703. The van der Waals surface area contributed by atoms with Crippen molar-refractivity contribution in [1.29, 1.82) is 0 Å². The minimum absolute atomic E-state index is 0.0635. The number of nitrogens with zero attached hydrogens (tertiary/aromatic N) is 3. The number of carbonyl (C=O) groups excluding carboxylic acids is 2. The molecule has 8 heteroatoms. The molecule has 2 aromatic heterocycles. The highest BCUT2D eigenvalue weighted by Crippen LogP contribution is 2.27. The van der Waals surface area contributed by atoms with Crippen molar-refractivity contribution < 1.29 is 14.3 Å². The van der Waals surface area contributed by atoms with Gasteiger partial charge < -0.3 is 9.64 Å². The van der Waals surface area contributed by atoms with Gasteiger partial charge in [-0.2, -0.15) is 0 Å². The zero-order valence-corrected chi connectivity index (χ0v) is 15.8. The number of rotatable bonds is 7. The van der Waals surface area contributed by atoms with E-state index in [-0.39, 0.29) is 24.6 Å². The van der Waals surface area contributed by atoms with Crippen molar-refractivity contribution in [3.05, 3.63) is 27.1 Å². The topological polar surface area (TPSA) is 81.5 Å². The summed E-state index contributed by atoms with van der Waals surface area (Å²) in [6, 6.07) is 0. The highest BCUT2D eigenvalue weighted by molar-refractivity contribution is 7.20. The van der Waals surface area contributed by atoms with Gasteiger partial charge in [0.1, 0.15) is 16.3 Å². The lowest BCUT2D eigenvalue weighted by Gasteiger charge is -2.17. The van der Waals surface area contributed by atoms with Crippen LogP contribution in [0.25, 0.3) is 10.2 Å². The number of carbonyl (C=O) groups is 2. The number of fused-ring (bicyclic) bond motifs is 1. The van der Waals surface area contributed by atoms with E-state index in [2.05, 4.69) is 11.9 Å². The van der Waals surface area contributed by atoms with Crippen LogP contribution in [0.3, 0.4) is 0 Å². The molecule has 2 rings (SSSR count). The molecule has 0 N–H and O–H groups in total. The molecular weight excluding hydrogens is 342 g/mol. The zero-order valence-electron chi connectivity index (χ0n) is 15.0. The highest BCUT2D eigenvalue weighted by atomic mass is 32.1. The molecule has 0 aliphatic rings.